The fourth-order valence-electron chi connectivity index (χ4n) is 1.42. The summed E-state index contributed by atoms with van der Waals surface area (Å²) in [6.45, 7) is 4.62. The van der Waals surface area contributed by atoms with Crippen molar-refractivity contribution in [3.8, 4) is 6.07 Å². The summed E-state index contributed by atoms with van der Waals surface area (Å²) in [4.78, 5) is 2.05. The van der Waals surface area contributed by atoms with E-state index in [0.717, 1.165) is 23.5 Å². The summed E-state index contributed by atoms with van der Waals surface area (Å²) in [5, 5.41) is 8.73. The van der Waals surface area contributed by atoms with E-state index in [1.54, 1.807) is 0 Å². The summed E-state index contributed by atoms with van der Waals surface area (Å²) in [5.41, 5.74) is 8.76. The van der Waals surface area contributed by atoms with E-state index in [1.165, 1.54) is 0 Å². The van der Waals surface area contributed by atoms with Gasteiger partial charge in [0.05, 0.1) is 12.0 Å². The van der Waals surface area contributed by atoms with Crippen LogP contribution in [0.2, 0.25) is 0 Å². The number of hydrogen-bond donors (Lipinski definition) is 1. The molecule has 2 N–H and O–H groups in total. The van der Waals surface area contributed by atoms with E-state index in [-0.39, 0.29) is 5.92 Å². The van der Waals surface area contributed by atoms with Gasteiger partial charge in [-0.05, 0) is 31.5 Å². The zero-order valence-corrected chi connectivity index (χ0v) is 9.49. The number of nitrogens with two attached hydrogens (primary N) is 1. The maximum Gasteiger partial charge on any atom is 0.0671 e. The summed E-state index contributed by atoms with van der Waals surface area (Å²) in [6, 6.07) is 8.18. The van der Waals surface area contributed by atoms with Gasteiger partial charge in [0.1, 0.15) is 0 Å². The Balaban J connectivity index is 2.79. The summed E-state index contributed by atoms with van der Waals surface area (Å²) >= 11 is 0. The summed E-state index contributed by atoms with van der Waals surface area (Å²) in [6.07, 6.45) is 0. The van der Waals surface area contributed by atoms with E-state index in [0.29, 0.717) is 0 Å². The molecule has 0 fully saturated rings. The van der Waals surface area contributed by atoms with Crippen molar-refractivity contribution in [3.63, 3.8) is 0 Å². The minimum Gasteiger partial charge on any atom is -0.398 e. The lowest BCUT2D eigenvalue weighted by molar-refractivity contribution is 0.716. The highest BCUT2D eigenvalue weighted by Crippen LogP contribution is 2.20. The van der Waals surface area contributed by atoms with Gasteiger partial charge in [-0.3, -0.25) is 0 Å². The Morgan fingerprint density at radius 3 is 2.73 bits per heavy atom. The zero-order chi connectivity index (χ0) is 11.4. The number of anilines is 2. The molecule has 1 unspecified atom stereocenters. The van der Waals surface area contributed by atoms with E-state index in [9.17, 15) is 0 Å². The molecule has 0 spiro atoms. The highest BCUT2D eigenvalue weighted by Gasteiger charge is 2.06. The van der Waals surface area contributed by atoms with Gasteiger partial charge in [-0.15, -0.1) is 0 Å². The summed E-state index contributed by atoms with van der Waals surface area (Å²) in [7, 11) is 1.97. The second-order valence-corrected chi connectivity index (χ2v) is 3.95. The molecule has 1 aromatic rings. The van der Waals surface area contributed by atoms with Gasteiger partial charge in [0.25, 0.3) is 0 Å². The normalized spacial score (nSPS) is 11.9. The number of rotatable bonds is 3. The van der Waals surface area contributed by atoms with E-state index in [4.69, 9.17) is 11.0 Å². The van der Waals surface area contributed by atoms with Crippen LogP contribution in [0.1, 0.15) is 12.5 Å². The number of nitriles is 1. The molecular weight excluding hydrogens is 186 g/mol. The molecule has 0 heterocycles. The third-order valence-electron chi connectivity index (χ3n) is 2.47. The first kappa shape index (κ1) is 11.4. The molecule has 1 atom stereocenters. The van der Waals surface area contributed by atoms with Crippen LogP contribution in [0.3, 0.4) is 0 Å². The van der Waals surface area contributed by atoms with Gasteiger partial charge in [-0.25, -0.2) is 0 Å². The molecule has 15 heavy (non-hydrogen) atoms. The first-order chi connectivity index (χ1) is 7.04. The Morgan fingerprint density at radius 1 is 1.53 bits per heavy atom. The molecule has 0 aliphatic carbocycles. The van der Waals surface area contributed by atoms with E-state index in [1.807, 2.05) is 44.0 Å². The van der Waals surface area contributed by atoms with Crippen LogP contribution in [0.25, 0.3) is 0 Å². The smallest absolute Gasteiger partial charge is 0.0671 e. The predicted molar refractivity (Wildman–Crippen MR) is 63.6 cm³/mol. The molecule has 0 aliphatic heterocycles. The minimum absolute atomic E-state index is 0.0255. The largest absolute Gasteiger partial charge is 0.398 e. The molecule has 0 amide bonds. The van der Waals surface area contributed by atoms with Crippen LogP contribution in [-0.4, -0.2) is 13.6 Å². The Hall–Kier alpha value is -1.69. The monoisotopic (exact) mass is 203 g/mol. The molecule has 80 valence electrons. The maximum atomic E-state index is 8.73. The third-order valence-corrected chi connectivity index (χ3v) is 2.47. The number of nitrogen functional groups attached to an aromatic ring is 1. The lowest BCUT2D eigenvalue weighted by Crippen LogP contribution is -2.23. The maximum absolute atomic E-state index is 8.73. The van der Waals surface area contributed by atoms with Gasteiger partial charge >= 0.3 is 0 Å². The van der Waals surface area contributed by atoms with Crippen molar-refractivity contribution in [2.75, 3.05) is 24.2 Å². The number of benzene rings is 1. The van der Waals surface area contributed by atoms with Gasteiger partial charge in [-0.1, -0.05) is 6.07 Å². The molecule has 0 saturated heterocycles. The van der Waals surface area contributed by atoms with Crippen molar-refractivity contribution in [1.82, 2.24) is 0 Å². The SMILES string of the molecule is Cc1ccc(N(C)CC(C)C#N)cc1N. The van der Waals surface area contributed by atoms with Crippen molar-refractivity contribution in [3.05, 3.63) is 23.8 Å². The minimum atomic E-state index is 0.0255. The Bertz CT molecular complexity index is 379. The molecule has 3 nitrogen and oxygen atoms in total. The third kappa shape index (κ3) is 2.88. The van der Waals surface area contributed by atoms with Crippen molar-refractivity contribution in [2.24, 2.45) is 5.92 Å². The molecule has 0 aromatic heterocycles. The second kappa shape index (κ2) is 4.70. The van der Waals surface area contributed by atoms with Crippen LogP contribution in [0.15, 0.2) is 18.2 Å². The van der Waals surface area contributed by atoms with Crippen LogP contribution >= 0.6 is 0 Å². The lowest BCUT2D eigenvalue weighted by Gasteiger charge is -2.21. The zero-order valence-electron chi connectivity index (χ0n) is 9.49. The topological polar surface area (TPSA) is 53.0 Å². The molecule has 0 radical (unpaired) electrons. The van der Waals surface area contributed by atoms with E-state index < -0.39 is 0 Å². The Kier molecular flexibility index (Phi) is 3.56. The number of nitrogens with zero attached hydrogens (tertiary/aromatic N) is 2. The molecular formula is C12H17N3. The van der Waals surface area contributed by atoms with Gasteiger partial charge in [0.2, 0.25) is 0 Å². The quantitative estimate of drug-likeness (QED) is 0.766. The van der Waals surface area contributed by atoms with Crippen LogP contribution in [-0.2, 0) is 0 Å². The van der Waals surface area contributed by atoms with Crippen molar-refractivity contribution >= 4 is 11.4 Å². The molecule has 0 aliphatic rings. The average Bonchev–Trinajstić information content (AvgIpc) is 2.21. The fourth-order valence-corrected chi connectivity index (χ4v) is 1.42. The number of hydrogen-bond acceptors (Lipinski definition) is 3. The molecule has 1 rings (SSSR count). The standard InChI is InChI=1S/C12H17N3/c1-9(7-13)8-15(3)11-5-4-10(2)12(14)6-11/h4-6,9H,8,14H2,1-3H3. The first-order valence-corrected chi connectivity index (χ1v) is 5.01. The highest BCUT2D eigenvalue weighted by molar-refractivity contribution is 5.59. The summed E-state index contributed by atoms with van der Waals surface area (Å²) < 4.78 is 0. The van der Waals surface area contributed by atoms with Gasteiger partial charge in [0.15, 0.2) is 0 Å². The van der Waals surface area contributed by atoms with E-state index >= 15 is 0 Å². The lowest BCUT2D eigenvalue weighted by atomic mass is 10.1. The molecule has 3 heteroatoms. The van der Waals surface area contributed by atoms with Crippen molar-refractivity contribution < 1.29 is 0 Å². The first-order valence-electron chi connectivity index (χ1n) is 5.01. The van der Waals surface area contributed by atoms with Crippen LogP contribution in [0.5, 0.6) is 0 Å². The average molecular weight is 203 g/mol. The fraction of sp³-hybridized carbons (Fsp3) is 0.417. The second-order valence-electron chi connectivity index (χ2n) is 3.95. The molecule has 0 bridgehead atoms. The predicted octanol–water partition coefficient (Wildman–Crippen LogP) is 2.17. The van der Waals surface area contributed by atoms with Gasteiger partial charge in [-0.2, -0.15) is 5.26 Å². The Morgan fingerprint density at radius 2 is 2.20 bits per heavy atom. The molecule has 0 saturated carbocycles. The van der Waals surface area contributed by atoms with Crippen LogP contribution < -0.4 is 10.6 Å². The Labute approximate surface area is 91.1 Å². The molecule has 1 aromatic carbocycles. The van der Waals surface area contributed by atoms with Crippen LogP contribution in [0.4, 0.5) is 11.4 Å². The highest BCUT2D eigenvalue weighted by atomic mass is 15.1. The summed E-state index contributed by atoms with van der Waals surface area (Å²) in [5.74, 6) is 0.0255. The van der Waals surface area contributed by atoms with Gasteiger partial charge in [0, 0.05) is 25.0 Å². The van der Waals surface area contributed by atoms with Crippen molar-refractivity contribution in [2.45, 2.75) is 13.8 Å². The van der Waals surface area contributed by atoms with E-state index in [2.05, 4.69) is 6.07 Å². The number of aryl methyl sites for hydroxylation is 1. The van der Waals surface area contributed by atoms with Crippen molar-refractivity contribution in [1.29, 1.82) is 5.26 Å². The van der Waals surface area contributed by atoms with Crippen LogP contribution in [0, 0.1) is 24.2 Å². The van der Waals surface area contributed by atoms with Gasteiger partial charge < -0.3 is 10.6 Å².